The maximum Gasteiger partial charge on any atom is 0.303 e. The second kappa shape index (κ2) is 8.99. The highest BCUT2D eigenvalue weighted by Gasteiger charge is 2.31. The van der Waals surface area contributed by atoms with Crippen molar-refractivity contribution in [2.24, 2.45) is 0 Å². The summed E-state index contributed by atoms with van der Waals surface area (Å²) in [5, 5.41) is 8.75. The number of nitrogens with zero attached hydrogens (tertiary/aromatic N) is 1. The number of hydrogen-bond acceptors (Lipinski definition) is 5. The molecule has 0 spiro atoms. The molecule has 0 atom stereocenters. The topological polar surface area (TPSA) is 66.8 Å². The van der Waals surface area contributed by atoms with Gasteiger partial charge in [0.2, 0.25) is 0 Å². The molecule has 5 nitrogen and oxygen atoms in total. The van der Waals surface area contributed by atoms with Gasteiger partial charge in [-0.2, -0.15) is 0 Å². The van der Waals surface area contributed by atoms with Crippen LogP contribution in [0.1, 0.15) is 18.4 Å². The summed E-state index contributed by atoms with van der Waals surface area (Å²) in [7, 11) is 0. The maximum atomic E-state index is 13.1. The molecule has 3 rings (SSSR count). The molecule has 8 heteroatoms. The molecule has 0 radical (unpaired) electrons. The number of para-hydroxylation sites is 1. The molecule has 2 aromatic rings. The first-order valence-corrected chi connectivity index (χ1v) is 9.66. The van der Waals surface area contributed by atoms with Gasteiger partial charge in [0.1, 0.15) is 21.6 Å². The molecule has 1 aliphatic heterocycles. The molecule has 28 heavy (non-hydrogen) atoms. The Labute approximate surface area is 170 Å². The molecule has 0 aliphatic carbocycles. The summed E-state index contributed by atoms with van der Waals surface area (Å²) in [5.74, 6) is -0.522. The minimum absolute atomic E-state index is 0.0234. The van der Waals surface area contributed by atoms with Crippen molar-refractivity contribution in [3.8, 4) is 11.5 Å². The highest BCUT2D eigenvalue weighted by molar-refractivity contribution is 8.26. The van der Waals surface area contributed by atoms with Gasteiger partial charge in [-0.3, -0.25) is 14.5 Å². The van der Waals surface area contributed by atoms with Crippen molar-refractivity contribution in [3.05, 3.63) is 64.8 Å². The van der Waals surface area contributed by atoms with E-state index in [0.717, 1.165) is 0 Å². The average molecular weight is 417 g/mol. The summed E-state index contributed by atoms with van der Waals surface area (Å²) < 4.78 is 19.3. The third kappa shape index (κ3) is 4.96. The molecule has 0 aromatic heterocycles. The lowest BCUT2D eigenvalue weighted by Gasteiger charge is -2.13. The maximum absolute atomic E-state index is 13.1. The Bertz CT molecular complexity index is 943. The SMILES string of the molecule is O=C(O)CCCN1C(=O)C(=Cc2ccccc2Oc2ccc(F)cc2)SC1=S. The van der Waals surface area contributed by atoms with Gasteiger partial charge in [-0.25, -0.2) is 4.39 Å². The van der Waals surface area contributed by atoms with Crippen LogP contribution >= 0.6 is 24.0 Å². The summed E-state index contributed by atoms with van der Waals surface area (Å²) in [5.41, 5.74) is 0.679. The van der Waals surface area contributed by atoms with Crippen molar-refractivity contribution < 1.29 is 23.8 Å². The normalized spacial score (nSPS) is 15.3. The smallest absolute Gasteiger partial charge is 0.303 e. The lowest BCUT2D eigenvalue weighted by Crippen LogP contribution is -2.29. The number of carboxylic acids is 1. The van der Waals surface area contributed by atoms with E-state index < -0.39 is 5.97 Å². The molecule has 1 amide bonds. The molecule has 1 saturated heterocycles. The highest BCUT2D eigenvalue weighted by Crippen LogP contribution is 2.35. The summed E-state index contributed by atoms with van der Waals surface area (Å²) in [4.78, 5) is 25.1. The van der Waals surface area contributed by atoms with E-state index in [2.05, 4.69) is 0 Å². The van der Waals surface area contributed by atoms with Gasteiger partial charge in [0.15, 0.2) is 0 Å². The first-order valence-electron chi connectivity index (χ1n) is 8.43. The number of amides is 1. The molecular weight excluding hydrogens is 401 g/mol. The first-order chi connectivity index (χ1) is 13.4. The van der Waals surface area contributed by atoms with Crippen molar-refractivity contribution in [3.63, 3.8) is 0 Å². The first kappa shape index (κ1) is 20.0. The van der Waals surface area contributed by atoms with E-state index in [0.29, 0.717) is 32.7 Å². The van der Waals surface area contributed by atoms with Crippen LogP contribution < -0.4 is 4.74 Å². The molecule has 0 unspecified atom stereocenters. The molecular formula is C20H16FNO4S2. The zero-order valence-electron chi connectivity index (χ0n) is 14.6. The van der Waals surface area contributed by atoms with Crippen molar-refractivity contribution >= 4 is 46.3 Å². The Balaban J connectivity index is 1.78. The van der Waals surface area contributed by atoms with Crippen molar-refractivity contribution in [2.45, 2.75) is 12.8 Å². The molecule has 2 aromatic carbocycles. The molecule has 1 heterocycles. The lowest BCUT2D eigenvalue weighted by molar-refractivity contribution is -0.137. The lowest BCUT2D eigenvalue weighted by atomic mass is 10.2. The van der Waals surface area contributed by atoms with Gasteiger partial charge in [0, 0.05) is 18.5 Å². The van der Waals surface area contributed by atoms with E-state index in [9.17, 15) is 14.0 Å². The molecule has 144 valence electrons. The van der Waals surface area contributed by atoms with E-state index in [1.54, 1.807) is 24.3 Å². The minimum Gasteiger partial charge on any atom is -0.481 e. The van der Waals surface area contributed by atoms with Gasteiger partial charge in [-0.05, 0) is 42.8 Å². The van der Waals surface area contributed by atoms with Crippen LogP contribution in [0.25, 0.3) is 6.08 Å². The van der Waals surface area contributed by atoms with E-state index in [-0.39, 0.29) is 24.7 Å². The van der Waals surface area contributed by atoms with Crippen LogP contribution in [0.3, 0.4) is 0 Å². The number of carbonyl (C=O) groups excluding carboxylic acids is 1. The fraction of sp³-hybridized carbons (Fsp3) is 0.150. The van der Waals surface area contributed by atoms with Crippen LogP contribution in [0.15, 0.2) is 53.4 Å². The second-order valence-electron chi connectivity index (χ2n) is 5.92. The summed E-state index contributed by atoms with van der Waals surface area (Å²) in [6.07, 6.45) is 2.00. The van der Waals surface area contributed by atoms with Crippen LogP contribution in [-0.2, 0) is 9.59 Å². The van der Waals surface area contributed by atoms with Gasteiger partial charge in [0.05, 0.1) is 4.91 Å². The van der Waals surface area contributed by atoms with Crippen LogP contribution in [0, 0.1) is 5.82 Å². The average Bonchev–Trinajstić information content (AvgIpc) is 2.92. The highest BCUT2D eigenvalue weighted by atomic mass is 32.2. The van der Waals surface area contributed by atoms with E-state index in [4.69, 9.17) is 22.1 Å². The Hall–Kier alpha value is -2.71. The summed E-state index contributed by atoms with van der Waals surface area (Å²) in [6.45, 7) is 0.266. The van der Waals surface area contributed by atoms with E-state index >= 15 is 0 Å². The van der Waals surface area contributed by atoms with Crippen molar-refractivity contribution in [2.75, 3.05) is 6.54 Å². The predicted octanol–water partition coefficient (Wildman–Crippen LogP) is 4.68. The second-order valence-corrected chi connectivity index (χ2v) is 7.60. The Morgan fingerprint density at radius 2 is 1.93 bits per heavy atom. The van der Waals surface area contributed by atoms with Crippen molar-refractivity contribution in [1.29, 1.82) is 0 Å². The largest absolute Gasteiger partial charge is 0.481 e. The van der Waals surface area contributed by atoms with Gasteiger partial charge < -0.3 is 9.84 Å². The number of ether oxygens (including phenoxy) is 1. The number of thioether (sulfide) groups is 1. The third-order valence-corrected chi connectivity index (χ3v) is 5.27. The zero-order chi connectivity index (χ0) is 20.1. The quantitative estimate of drug-likeness (QED) is 0.521. The van der Waals surface area contributed by atoms with E-state index in [1.165, 1.54) is 40.9 Å². The molecule has 0 bridgehead atoms. The van der Waals surface area contributed by atoms with Gasteiger partial charge in [0.25, 0.3) is 5.91 Å². The monoisotopic (exact) mass is 417 g/mol. The standard InChI is InChI=1S/C20H16FNO4S2/c21-14-7-9-15(10-8-14)26-16-5-2-1-4-13(16)12-17-19(25)22(20(27)28-17)11-3-6-18(23)24/h1-2,4-5,7-10,12H,3,6,11H2,(H,23,24). The Kier molecular flexibility index (Phi) is 6.43. The Morgan fingerprint density at radius 3 is 2.64 bits per heavy atom. The number of rotatable bonds is 7. The fourth-order valence-electron chi connectivity index (χ4n) is 2.54. The Morgan fingerprint density at radius 1 is 1.21 bits per heavy atom. The van der Waals surface area contributed by atoms with Crippen LogP contribution in [-0.4, -0.2) is 32.7 Å². The number of thiocarbonyl (C=S) groups is 1. The zero-order valence-corrected chi connectivity index (χ0v) is 16.3. The summed E-state index contributed by atoms with van der Waals surface area (Å²) >= 11 is 6.42. The number of benzene rings is 2. The molecule has 0 saturated carbocycles. The van der Waals surface area contributed by atoms with Crippen molar-refractivity contribution in [1.82, 2.24) is 4.90 Å². The molecule has 1 fully saturated rings. The fourth-order valence-corrected chi connectivity index (χ4v) is 3.84. The number of carbonyl (C=O) groups is 2. The van der Waals surface area contributed by atoms with E-state index in [1.807, 2.05) is 6.07 Å². The number of aliphatic carboxylic acids is 1. The third-order valence-electron chi connectivity index (χ3n) is 3.89. The van der Waals surface area contributed by atoms with Crippen LogP contribution in [0.4, 0.5) is 4.39 Å². The number of carboxylic acid groups (broad SMARTS) is 1. The van der Waals surface area contributed by atoms with Gasteiger partial charge in [-0.1, -0.05) is 42.2 Å². The minimum atomic E-state index is -0.909. The van der Waals surface area contributed by atoms with Crippen LogP contribution in [0.2, 0.25) is 0 Å². The predicted molar refractivity (Wildman–Crippen MR) is 110 cm³/mol. The number of halogens is 1. The molecule has 1 aliphatic rings. The summed E-state index contributed by atoms with van der Waals surface area (Å²) in [6, 6.07) is 12.8. The van der Waals surface area contributed by atoms with Gasteiger partial charge in [-0.15, -0.1) is 0 Å². The van der Waals surface area contributed by atoms with Gasteiger partial charge >= 0.3 is 5.97 Å². The van der Waals surface area contributed by atoms with Crippen LogP contribution in [0.5, 0.6) is 11.5 Å². The molecule has 1 N–H and O–H groups in total. The number of hydrogen-bond donors (Lipinski definition) is 1.